The number of nitrogens with two attached hydrogens (primary N) is 1. The maximum atomic E-state index is 13.2. The largest absolute Gasteiger partial charge is 0.479 e. The number of nitrogen functional groups attached to an aromatic ring is 1. The Morgan fingerprint density at radius 1 is 0.494 bits per heavy atom. The van der Waals surface area contributed by atoms with Crippen molar-refractivity contribution in [1.82, 2.24) is 4.57 Å². The van der Waals surface area contributed by atoms with Crippen LogP contribution < -0.4 is 11.1 Å². The molecule has 0 aliphatic heterocycles. The van der Waals surface area contributed by atoms with Crippen LogP contribution in [0, 0.1) is 0 Å². The van der Waals surface area contributed by atoms with Crippen molar-refractivity contribution in [3.05, 3.63) is 249 Å². The molecule has 0 fully saturated rings. The van der Waals surface area contributed by atoms with Gasteiger partial charge >= 0.3 is 5.97 Å². The Balaban J connectivity index is 0.000000127. The first-order chi connectivity index (χ1) is 36.9. The summed E-state index contributed by atoms with van der Waals surface area (Å²) >= 11 is 3.06. The lowest BCUT2D eigenvalue weighted by molar-refractivity contribution is -0.138. The van der Waals surface area contributed by atoms with Crippen LogP contribution >= 0.6 is 22.7 Å². The van der Waals surface area contributed by atoms with E-state index in [1.807, 2.05) is 84.9 Å². The highest BCUT2D eigenvalue weighted by atomic mass is 32.1. The van der Waals surface area contributed by atoms with Crippen LogP contribution in [0.15, 0.2) is 188 Å². The van der Waals surface area contributed by atoms with Crippen molar-refractivity contribution in [1.29, 1.82) is 0 Å². The van der Waals surface area contributed by atoms with E-state index in [4.69, 9.17) is 5.73 Å². The predicted octanol–water partition coefficient (Wildman–Crippen LogP) is 13.0. The molecule has 3 aliphatic carbocycles. The molecular formula is C63H39BN3O8S2. The lowest BCUT2D eigenvalue weighted by Gasteiger charge is -2.22. The van der Waals surface area contributed by atoms with Crippen molar-refractivity contribution in [2.24, 2.45) is 0 Å². The maximum Gasteiger partial charge on any atom is 0.331 e. The zero-order chi connectivity index (χ0) is 52.5. The molecule has 3 heterocycles. The first kappa shape index (κ1) is 49.6. The van der Waals surface area contributed by atoms with E-state index >= 15 is 0 Å². The number of carboxylic acid groups (broad SMARTS) is 1. The van der Waals surface area contributed by atoms with Gasteiger partial charge in [0.25, 0.3) is 0 Å². The van der Waals surface area contributed by atoms with Gasteiger partial charge in [-0.25, -0.2) is 4.79 Å². The summed E-state index contributed by atoms with van der Waals surface area (Å²) in [4.78, 5) is 90.2. The summed E-state index contributed by atoms with van der Waals surface area (Å²) in [5.41, 5.74) is 14.2. The van der Waals surface area contributed by atoms with Crippen molar-refractivity contribution in [2.45, 2.75) is 13.0 Å². The van der Waals surface area contributed by atoms with Gasteiger partial charge in [0.05, 0.1) is 27.2 Å². The number of carbonyl (C=O) groups is 7. The van der Waals surface area contributed by atoms with Crippen LogP contribution in [0.25, 0.3) is 52.8 Å². The summed E-state index contributed by atoms with van der Waals surface area (Å²) in [6.07, 6.45) is 0. The fraction of sp³-hybridized carbons (Fsp3) is 0.0317. The summed E-state index contributed by atoms with van der Waals surface area (Å²) in [5, 5.41) is 15.9. The number of aromatic nitrogens is 1. The number of nitrogens with one attached hydrogen (secondary N) is 1. The van der Waals surface area contributed by atoms with E-state index in [9.17, 15) is 38.7 Å². The Kier molecular flexibility index (Phi) is 12.6. The summed E-state index contributed by atoms with van der Waals surface area (Å²) < 4.78 is 3.93. The molecule has 14 rings (SSSR count). The molecule has 1 atom stereocenters. The van der Waals surface area contributed by atoms with Gasteiger partial charge in [-0.15, -0.1) is 22.7 Å². The van der Waals surface area contributed by atoms with Crippen molar-refractivity contribution >= 4 is 114 Å². The molecule has 1 unspecified atom stereocenters. The van der Waals surface area contributed by atoms with Gasteiger partial charge in [-0.1, -0.05) is 146 Å². The monoisotopic (exact) mass is 1040 g/mol. The lowest BCUT2D eigenvalue weighted by atomic mass is 9.83. The molecule has 77 heavy (non-hydrogen) atoms. The highest BCUT2D eigenvalue weighted by Crippen LogP contribution is 2.49. The normalized spacial score (nSPS) is 12.9. The summed E-state index contributed by atoms with van der Waals surface area (Å²) in [6, 6.07) is 55.6. The van der Waals surface area contributed by atoms with Crippen LogP contribution in [0.2, 0.25) is 0 Å². The molecule has 0 bridgehead atoms. The minimum absolute atomic E-state index is 0. The molecule has 3 aromatic heterocycles. The number of ketones is 5. The van der Waals surface area contributed by atoms with E-state index in [1.165, 1.54) is 16.0 Å². The van der Waals surface area contributed by atoms with Gasteiger partial charge < -0.3 is 16.2 Å². The molecule has 8 aromatic carbocycles. The van der Waals surface area contributed by atoms with Crippen molar-refractivity contribution < 1.29 is 38.7 Å². The molecule has 369 valence electrons. The topological polar surface area (TPSA) is 183 Å². The molecule has 4 N–H and O–H groups in total. The van der Waals surface area contributed by atoms with E-state index in [0.717, 1.165) is 48.1 Å². The standard InChI is InChI=1S/C25H15NO2S.C24H15NO4S.C14H9NO2.B/c1-14(27)26-19-11-6-10-18-22(19)23(16-8-3-4-9-17(16)25(18)28)24(26)21-13-15-7-2-5-12-20(15)29-21;26-22-14-7-2-3-8-15(14)23(27)20-16(22)9-5-10-17(20)25-21(24(28)29)19-12-13-6-1-4-11-18(13)30-19;15-11-7-3-6-10-12(11)14(17)9-5-2-1-4-8(9)13(10)16;/h2-13H,1H3;1-12,21,25H,(H,28,29);1-7H,15H2;. The maximum absolute atomic E-state index is 13.2. The van der Waals surface area contributed by atoms with Gasteiger partial charge in [0.15, 0.2) is 35.0 Å². The molecule has 0 amide bonds. The fourth-order valence-electron chi connectivity index (χ4n) is 10.5. The van der Waals surface area contributed by atoms with Gasteiger partial charge in [0.1, 0.15) is 0 Å². The molecule has 0 saturated heterocycles. The SMILES string of the molecule is CC(=O)n1c(-c2cc3ccccc3s2)c2c3c(cccc31)C(=O)c1ccccc1-2.Nc1cccc2c1C(=O)c1ccccc1C2=O.O=C1c2ccccc2C(=O)c2c(NC(C(=O)O)c3cc4ccccc4s3)cccc21.[B]. The van der Waals surface area contributed by atoms with E-state index in [1.54, 1.807) is 108 Å². The Bertz CT molecular complexity index is 4310. The van der Waals surface area contributed by atoms with E-state index in [-0.39, 0.29) is 54.4 Å². The third kappa shape index (κ3) is 8.18. The van der Waals surface area contributed by atoms with Gasteiger partial charge in [-0.2, -0.15) is 0 Å². The third-order valence-corrected chi connectivity index (χ3v) is 16.2. The second kappa shape index (κ2) is 19.6. The number of carbonyl (C=O) groups excluding carboxylic acids is 6. The average molecular weight is 1040 g/mol. The number of benzene rings is 8. The average Bonchev–Trinajstić information content (AvgIpc) is 4.35. The van der Waals surface area contributed by atoms with Gasteiger partial charge in [-0.3, -0.25) is 33.3 Å². The van der Waals surface area contributed by atoms with Crippen LogP contribution in [0.4, 0.5) is 11.4 Å². The van der Waals surface area contributed by atoms with Crippen LogP contribution in [0.3, 0.4) is 0 Å². The van der Waals surface area contributed by atoms with Crippen molar-refractivity contribution in [2.75, 3.05) is 11.1 Å². The van der Waals surface area contributed by atoms with Gasteiger partial charge in [0.2, 0.25) is 5.91 Å². The van der Waals surface area contributed by atoms with E-state index in [2.05, 4.69) is 23.5 Å². The van der Waals surface area contributed by atoms with E-state index < -0.39 is 12.0 Å². The molecule has 0 saturated carbocycles. The number of carboxylic acids is 1. The predicted molar refractivity (Wildman–Crippen MR) is 303 cm³/mol. The second-order valence-electron chi connectivity index (χ2n) is 18.3. The van der Waals surface area contributed by atoms with Crippen molar-refractivity contribution in [3.63, 3.8) is 0 Å². The van der Waals surface area contributed by atoms with Crippen molar-refractivity contribution in [3.8, 4) is 21.7 Å². The third-order valence-electron chi connectivity index (χ3n) is 13.9. The highest BCUT2D eigenvalue weighted by Gasteiger charge is 2.35. The first-order valence-corrected chi connectivity index (χ1v) is 25.7. The summed E-state index contributed by atoms with van der Waals surface area (Å²) in [7, 11) is 0. The zero-order valence-corrected chi connectivity index (χ0v) is 42.3. The summed E-state index contributed by atoms with van der Waals surface area (Å²) in [6.45, 7) is 1.58. The fourth-order valence-corrected chi connectivity index (χ4v) is 12.7. The number of fused-ring (bicyclic) bond motifs is 8. The second-order valence-corrected chi connectivity index (χ2v) is 20.5. The van der Waals surface area contributed by atoms with Crippen LogP contribution in [-0.4, -0.2) is 58.9 Å². The highest BCUT2D eigenvalue weighted by molar-refractivity contribution is 7.22. The molecule has 3 radical (unpaired) electrons. The molecule has 14 heteroatoms. The number of hydrogen-bond donors (Lipinski definition) is 3. The van der Waals surface area contributed by atoms with E-state index in [0.29, 0.717) is 60.8 Å². The number of anilines is 2. The molecule has 11 nitrogen and oxygen atoms in total. The van der Waals surface area contributed by atoms with Gasteiger partial charge in [-0.05, 0) is 58.8 Å². The van der Waals surface area contributed by atoms with Crippen LogP contribution in [0.5, 0.6) is 0 Å². The number of aliphatic carboxylic acids is 1. The number of hydrogen-bond acceptors (Lipinski definition) is 11. The van der Waals surface area contributed by atoms with Gasteiger partial charge in [0, 0.05) is 96.4 Å². The number of rotatable bonds is 5. The molecular weight excluding hydrogens is 1000 g/mol. The molecule has 3 aliphatic rings. The number of thiophene rings is 2. The smallest absolute Gasteiger partial charge is 0.331 e. The lowest BCUT2D eigenvalue weighted by Crippen LogP contribution is -2.25. The summed E-state index contributed by atoms with van der Waals surface area (Å²) in [5.74, 6) is -1.94. The Morgan fingerprint density at radius 2 is 0.948 bits per heavy atom. The van der Waals surface area contributed by atoms with Crippen LogP contribution in [-0.2, 0) is 4.79 Å². The Morgan fingerprint density at radius 3 is 1.53 bits per heavy atom. The minimum Gasteiger partial charge on any atom is -0.479 e. The molecule has 0 spiro atoms. The van der Waals surface area contributed by atoms with Crippen LogP contribution in [0.1, 0.15) is 102 Å². The number of nitrogens with zero attached hydrogens (tertiary/aromatic N) is 1. The zero-order valence-electron chi connectivity index (χ0n) is 40.7. The Hall–Kier alpha value is -9.63. The minimum atomic E-state index is -1.06. The quantitative estimate of drug-likeness (QED) is 0.111. The Labute approximate surface area is 449 Å². The molecule has 11 aromatic rings. The first-order valence-electron chi connectivity index (χ1n) is 24.1.